The summed E-state index contributed by atoms with van der Waals surface area (Å²) >= 11 is 0. The molecule has 1 saturated heterocycles. The van der Waals surface area contributed by atoms with E-state index in [1.165, 1.54) is 0 Å². The Hall–Kier alpha value is -0.200. The Morgan fingerprint density at radius 2 is 1.20 bits per heavy atom. The third-order valence-electron chi connectivity index (χ3n) is 1.25. The van der Waals surface area contributed by atoms with Crippen molar-refractivity contribution in [3.05, 3.63) is 0 Å². The van der Waals surface area contributed by atoms with Crippen LogP contribution in [0.15, 0.2) is 0 Å². The average molecular weight is 224 g/mol. The van der Waals surface area contributed by atoms with Crippen LogP contribution in [-0.2, 0) is 14.2 Å². The quantitative estimate of drug-likeness (QED) is 0.709. The zero-order valence-corrected chi connectivity index (χ0v) is 9.78. The predicted octanol–water partition coefficient (Wildman–Crippen LogP) is 0.0470. The Kier molecular flexibility index (Phi) is 22.2. The van der Waals surface area contributed by atoms with Crippen LogP contribution in [0.2, 0.25) is 0 Å². The molecule has 5 nitrogen and oxygen atoms in total. The predicted molar refractivity (Wildman–Crippen MR) is 58.0 cm³/mol. The van der Waals surface area contributed by atoms with Crippen molar-refractivity contribution >= 4 is 0 Å². The molecule has 1 heterocycles. The van der Waals surface area contributed by atoms with E-state index in [-0.39, 0.29) is 13.2 Å². The minimum atomic E-state index is -0.125. The molecule has 1 fully saturated rings. The first-order valence-corrected chi connectivity index (χ1v) is 5.28. The number of hydrogen-bond donors (Lipinski definition) is 2. The van der Waals surface area contributed by atoms with Crippen LogP contribution in [0.4, 0.5) is 0 Å². The molecule has 5 heteroatoms. The lowest BCUT2D eigenvalue weighted by Gasteiger charge is -2.09. The normalized spacial score (nSPS) is 14.4. The smallest absolute Gasteiger partial charge is 0.0701 e. The van der Waals surface area contributed by atoms with Crippen molar-refractivity contribution in [1.29, 1.82) is 0 Å². The van der Waals surface area contributed by atoms with Crippen LogP contribution < -0.4 is 0 Å². The molecule has 0 aliphatic carbocycles. The summed E-state index contributed by atoms with van der Waals surface area (Å²) in [6.45, 7) is 8.53. The summed E-state index contributed by atoms with van der Waals surface area (Å²) < 4.78 is 14.7. The summed E-state index contributed by atoms with van der Waals surface area (Å²) in [6.07, 6.45) is 0. The average Bonchev–Trinajstić information content (AvgIpc) is 2.33. The summed E-state index contributed by atoms with van der Waals surface area (Å²) in [5.74, 6) is 0. The molecule has 0 unspecified atom stereocenters. The summed E-state index contributed by atoms with van der Waals surface area (Å²) in [5, 5.41) is 15.2. The fourth-order valence-corrected chi connectivity index (χ4v) is 0.644. The standard InChI is InChI=1S/C4H8O2.C4H10O.C2H6O2/c1-2-6-4-3-5-1;1-3-5-4-2;3-1-2-4/h1-4H2;3-4H2,1-2H3;3-4H,1-2H2. The fraction of sp³-hybridized carbons (Fsp3) is 1.00. The lowest BCUT2D eigenvalue weighted by atomic mass is 10.6. The molecular formula is C10H24O5. The maximum atomic E-state index is 7.62. The number of ether oxygens (including phenoxy) is 3. The first-order chi connectivity index (χ1) is 7.33. The van der Waals surface area contributed by atoms with Gasteiger partial charge in [0.05, 0.1) is 39.6 Å². The molecule has 1 aliphatic heterocycles. The van der Waals surface area contributed by atoms with Crippen molar-refractivity contribution in [3.63, 3.8) is 0 Å². The molecule has 0 spiro atoms. The van der Waals surface area contributed by atoms with Gasteiger partial charge in [0.2, 0.25) is 0 Å². The molecule has 0 aromatic carbocycles. The molecule has 1 aliphatic rings. The van der Waals surface area contributed by atoms with Crippen molar-refractivity contribution in [2.75, 3.05) is 52.9 Å². The van der Waals surface area contributed by atoms with Gasteiger partial charge in [0.1, 0.15) is 0 Å². The second-order valence-corrected chi connectivity index (χ2v) is 2.45. The molecule has 0 saturated carbocycles. The molecule has 0 aromatic heterocycles. The van der Waals surface area contributed by atoms with E-state index in [9.17, 15) is 0 Å². The Morgan fingerprint density at radius 3 is 1.27 bits per heavy atom. The van der Waals surface area contributed by atoms with Gasteiger partial charge in [0, 0.05) is 13.2 Å². The van der Waals surface area contributed by atoms with Crippen molar-refractivity contribution in [2.45, 2.75) is 13.8 Å². The summed E-state index contributed by atoms with van der Waals surface area (Å²) in [4.78, 5) is 0. The number of rotatable bonds is 3. The van der Waals surface area contributed by atoms with E-state index in [0.717, 1.165) is 39.6 Å². The number of hydrogen-bond acceptors (Lipinski definition) is 5. The van der Waals surface area contributed by atoms with Crippen LogP contribution in [0.3, 0.4) is 0 Å². The third kappa shape index (κ3) is 24.8. The Labute approximate surface area is 92.0 Å². The molecule has 15 heavy (non-hydrogen) atoms. The largest absolute Gasteiger partial charge is 0.394 e. The van der Waals surface area contributed by atoms with Crippen LogP contribution in [-0.4, -0.2) is 63.1 Å². The van der Waals surface area contributed by atoms with Gasteiger partial charge >= 0.3 is 0 Å². The van der Waals surface area contributed by atoms with E-state index in [1.807, 2.05) is 13.8 Å². The van der Waals surface area contributed by atoms with Gasteiger partial charge in [-0.05, 0) is 13.8 Å². The Morgan fingerprint density at radius 1 is 0.867 bits per heavy atom. The SMILES string of the molecule is C1COCCO1.CCOCC.OCCO. The highest BCUT2D eigenvalue weighted by Crippen LogP contribution is 1.85. The Bertz CT molecular complexity index is 70.4. The van der Waals surface area contributed by atoms with Crippen molar-refractivity contribution in [2.24, 2.45) is 0 Å². The summed E-state index contributed by atoms with van der Waals surface area (Å²) in [5.41, 5.74) is 0. The highest BCUT2D eigenvalue weighted by atomic mass is 16.6. The lowest BCUT2D eigenvalue weighted by Crippen LogP contribution is -2.16. The first kappa shape index (κ1) is 17.2. The zero-order valence-electron chi connectivity index (χ0n) is 9.78. The molecule has 2 N–H and O–H groups in total. The lowest BCUT2D eigenvalue weighted by molar-refractivity contribution is -0.0334. The molecule has 0 amide bonds. The Balaban J connectivity index is 0. The monoisotopic (exact) mass is 224 g/mol. The molecule has 0 atom stereocenters. The topological polar surface area (TPSA) is 68.2 Å². The highest BCUT2D eigenvalue weighted by Gasteiger charge is 1.94. The van der Waals surface area contributed by atoms with E-state index in [1.54, 1.807) is 0 Å². The maximum Gasteiger partial charge on any atom is 0.0701 e. The zero-order chi connectivity index (χ0) is 11.8. The van der Waals surface area contributed by atoms with Gasteiger partial charge in [-0.2, -0.15) is 0 Å². The van der Waals surface area contributed by atoms with E-state index < -0.39 is 0 Å². The van der Waals surface area contributed by atoms with Gasteiger partial charge in [-0.1, -0.05) is 0 Å². The molecule has 0 aromatic rings. The van der Waals surface area contributed by atoms with Crippen LogP contribution >= 0.6 is 0 Å². The molecule has 94 valence electrons. The van der Waals surface area contributed by atoms with E-state index in [4.69, 9.17) is 24.4 Å². The minimum absolute atomic E-state index is 0.125. The second kappa shape index (κ2) is 19.4. The molecule has 0 radical (unpaired) electrons. The van der Waals surface area contributed by atoms with Gasteiger partial charge in [0.15, 0.2) is 0 Å². The van der Waals surface area contributed by atoms with E-state index in [2.05, 4.69) is 0 Å². The summed E-state index contributed by atoms with van der Waals surface area (Å²) in [6, 6.07) is 0. The van der Waals surface area contributed by atoms with Gasteiger partial charge in [0.25, 0.3) is 0 Å². The second-order valence-electron chi connectivity index (χ2n) is 2.45. The van der Waals surface area contributed by atoms with E-state index >= 15 is 0 Å². The van der Waals surface area contributed by atoms with Gasteiger partial charge in [-0.3, -0.25) is 0 Å². The van der Waals surface area contributed by atoms with E-state index in [0.29, 0.717) is 0 Å². The van der Waals surface area contributed by atoms with Crippen molar-refractivity contribution in [3.8, 4) is 0 Å². The number of aliphatic hydroxyl groups is 2. The minimum Gasteiger partial charge on any atom is -0.394 e. The van der Waals surface area contributed by atoms with Gasteiger partial charge in [-0.15, -0.1) is 0 Å². The van der Waals surface area contributed by atoms with Crippen LogP contribution in [0.1, 0.15) is 13.8 Å². The molecular weight excluding hydrogens is 200 g/mol. The number of aliphatic hydroxyl groups excluding tert-OH is 2. The van der Waals surface area contributed by atoms with Gasteiger partial charge in [-0.25, -0.2) is 0 Å². The van der Waals surface area contributed by atoms with Crippen LogP contribution in [0, 0.1) is 0 Å². The van der Waals surface area contributed by atoms with Crippen molar-refractivity contribution in [1.82, 2.24) is 0 Å². The van der Waals surface area contributed by atoms with Crippen molar-refractivity contribution < 1.29 is 24.4 Å². The highest BCUT2D eigenvalue weighted by molar-refractivity contribution is 4.37. The molecule has 1 rings (SSSR count). The molecule has 0 bridgehead atoms. The van der Waals surface area contributed by atoms with Gasteiger partial charge < -0.3 is 24.4 Å². The fourth-order valence-electron chi connectivity index (χ4n) is 0.644. The van der Waals surface area contributed by atoms with Crippen LogP contribution in [0.5, 0.6) is 0 Å². The summed E-state index contributed by atoms with van der Waals surface area (Å²) in [7, 11) is 0. The first-order valence-electron chi connectivity index (χ1n) is 5.28. The maximum absolute atomic E-state index is 7.62. The third-order valence-corrected chi connectivity index (χ3v) is 1.25. The van der Waals surface area contributed by atoms with Crippen LogP contribution in [0.25, 0.3) is 0 Å².